The molecule has 5 nitrogen and oxygen atoms in total. The lowest BCUT2D eigenvalue weighted by molar-refractivity contribution is 0.0964. The Morgan fingerprint density at radius 3 is 2.95 bits per heavy atom. The van der Waals surface area contributed by atoms with Crippen molar-refractivity contribution >= 4 is 34.9 Å². The highest BCUT2D eigenvalue weighted by Gasteiger charge is 2.17. The highest BCUT2D eigenvalue weighted by molar-refractivity contribution is 6.08. The number of nitrogens with zero attached hydrogens (tertiary/aromatic N) is 1. The minimum Gasteiger partial charge on any atom is -0.380 e. The van der Waals surface area contributed by atoms with Crippen molar-refractivity contribution in [2.75, 3.05) is 25.5 Å². The quantitative estimate of drug-likeness (QED) is 0.809. The third-order valence-corrected chi connectivity index (χ3v) is 3.66. The van der Waals surface area contributed by atoms with Crippen LogP contribution in [-0.4, -0.2) is 37.1 Å². The Labute approximate surface area is 129 Å². The van der Waals surface area contributed by atoms with Gasteiger partial charge in [0, 0.05) is 36.9 Å². The van der Waals surface area contributed by atoms with E-state index in [4.69, 9.17) is 0 Å². The Morgan fingerprint density at radius 2 is 2.24 bits per heavy atom. The Balaban J connectivity index is 0.00000161. The van der Waals surface area contributed by atoms with Crippen LogP contribution in [0.5, 0.6) is 0 Å². The van der Waals surface area contributed by atoms with Crippen molar-refractivity contribution in [3.63, 3.8) is 0 Å². The van der Waals surface area contributed by atoms with E-state index < -0.39 is 0 Å². The topological polar surface area (TPSA) is 66.1 Å². The zero-order chi connectivity index (χ0) is 13.9. The Morgan fingerprint density at radius 1 is 1.38 bits per heavy atom. The van der Waals surface area contributed by atoms with Crippen molar-refractivity contribution in [3.8, 4) is 0 Å². The molecule has 2 aromatic rings. The number of benzene rings is 1. The van der Waals surface area contributed by atoms with Crippen LogP contribution in [0, 0.1) is 0 Å². The molecule has 0 radical (unpaired) electrons. The van der Waals surface area contributed by atoms with Gasteiger partial charge >= 0.3 is 0 Å². The third kappa shape index (κ3) is 3.09. The van der Waals surface area contributed by atoms with Crippen molar-refractivity contribution in [3.05, 3.63) is 36.0 Å². The van der Waals surface area contributed by atoms with E-state index in [9.17, 15) is 4.79 Å². The first-order valence-electron chi connectivity index (χ1n) is 6.86. The molecule has 1 atom stereocenters. The van der Waals surface area contributed by atoms with Crippen molar-refractivity contribution in [1.29, 1.82) is 0 Å². The number of carbonyl (C=O) groups excluding carboxylic acids is 1. The van der Waals surface area contributed by atoms with E-state index in [1.807, 2.05) is 24.3 Å². The van der Waals surface area contributed by atoms with Crippen molar-refractivity contribution in [2.45, 2.75) is 12.5 Å². The number of aromatic nitrogens is 1. The minimum atomic E-state index is -0.109. The molecule has 1 fully saturated rings. The predicted molar refractivity (Wildman–Crippen MR) is 87.3 cm³/mol. The normalized spacial score (nSPS) is 17.3. The number of nitrogens with one attached hydrogen (secondary N) is 3. The van der Waals surface area contributed by atoms with Gasteiger partial charge in [0.2, 0.25) is 0 Å². The summed E-state index contributed by atoms with van der Waals surface area (Å²) < 4.78 is 0. The van der Waals surface area contributed by atoms with Gasteiger partial charge in [-0.15, -0.1) is 12.4 Å². The maximum atomic E-state index is 11.9. The highest BCUT2D eigenvalue weighted by atomic mass is 35.5. The molecule has 112 valence electrons. The molecule has 2 heterocycles. The van der Waals surface area contributed by atoms with Crippen molar-refractivity contribution in [2.24, 2.45) is 0 Å². The molecule has 1 aromatic heterocycles. The van der Waals surface area contributed by atoms with Crippen LogP contribution in [0.15, 0.2) is 30.5 Å². The van der Waals surface area contributed by atoms with Gasteiger partial charge in [0.25, 0.3) is 5.91 Å². The Kier molecular flexibility index (Phi) is 4.98. The van der Waals surface area contributed by atoms with Gasteiger partial charge < -0.3 is 16.0 Å². The van der Waals surface area contributed by atoms with E-state index in [1.54, 1.807) is 13.2 Å². The van der Waals surface area contributed by atoms with Crippen LogP contribution in [0.25, 0.3) is 10.9 Å². The van der Waals surface area contributed by atoms with Gasteiger partial charge in [0.05, 0.1) is 11.1 Å². The lowest BCUT2D eigenvalue weighted by Gasteiger charge is -2.16. The van der Waals surface area contributed by atoms with E-state index >= 15 is 0 Å². The van der Waals surface area contributed by atoms with Crippen molar-refractivity contribution < 1.29 is 4.79 Å². The summed E-state index contributed by atoms with van der Waals surface area (Å²) in [6.07, 6.45) is 2.83. The van der Waals surface area contributed by atoms with Crippen LogP contribution in [0.2, 0.25) is 0 Å². The van der Waals surface area contributed by atoms with Crippen LogP contribution in [-0.2, 0) is 0 Å². The minimum absolute atomic E-state index is 0. The fourth-order valence-electron chi connectivity index (χ4n) is 2.61. The number of hydrogen-bond donors (Lipinski definition) is 3. The fourth-order valence-corrected chi connectivity index (χ4v) is 2.61. The summed E-state index contributed by atoms with van der Waals surface area (Å²) in [5, 5.41) is 10.5. The first-order chi connectivity index (χ1) is 9.79. The summed E-state index contributed by atoms with van der Waals surface area (Å²) in [5.74, 6) is -0.109. The first kappa shape index (κ1) is 15.5. The maximum absolute atomic E-state index is 11.9. The smallest absolute Gasteiger partial charge is 0.253 e. The van der Waals surface area contributed by atoms with E-state index in [0.717, 1.165) is 36.1 Å². The van der Waals surface area contributed by atoms with Gasteiger partial charge in [0.1, 0.15) is 0 Å². The Bertz CT molecular complexity index is 641. The number of rotatable bonds is 3. The lowest BCUT2D eigenvalue weighted by atomic mass is 10.1. The first-order valence-corrected chi connectivity index (χ1v) is 6.86. The number of amides is 1. The molecule has 0 saturated carbocycles. The van der Waals surface area contributed by atoms with E-state index in [1.165, 1.54) is 0 Å². The number of pyridine rings is 1. The van der Waals surface area contributed by atoms with Crippen LogP contribution in [0.4, 0.5) is 5.69 Å². The van der Waals surface area contributed by atoms with Gasteiger partial charge in [-0.2, -0.15) is 0 Å². The highest BCUT2D eigenvalue weighted by Crippen LogP contribution is 2.26. The number of halogens is 1. The molecule has 1 amide bonds. The van der Waals surface area contributed by atoms with Crippen LogP contribution < -0.4 is 16.0 Å². The molecular weight excluding hydrogens is 288 g/mol. The second-order valence-corrected chi connectivity index (χ2v) is 4.97. The molecule has 21 heavy (non-hydrogen) atoms. The number of anilines is 1. The summed E-state index contributed by atoms with van der Waals surface area (Å²) in [5.41, 5.74) is 2.38. The molecule has 3 rings (SSSR count). The SMILES string of the molecule is CNC(=O)c1ccc(NC2CCNC2)c2cccnc12.Cl. The summed E-state index contributed by atoms with van der Waals surface area (Å²) in [4.78, 5) is 16.3. The fraction of sp³-hybridized carbons (Fsp3) is 0.333. The van der Waals surface area contributed by atoms with Crippen LogP contribution in [0.3, 0.4) is 0 Å². The molecule has 0 bridgehead atoms. The predicted octanol–water partition coefficient (Wildman–Crippen LogP) is 1.79. The summed E-state index contributed by atoms with van der Waals surface area (Å²) in [7, 11) is 1.63. The van der Waals surface area contributed by atoms with E-state index in [-0.39, 0.29) is 18.3 Å². The monoisotopic (exact) mass is 306 g/mol. The zero-order valence-electron chi connectivity index (χ0n) is 11.8. The molecule has 0 spiro atoms. The molecule has 6 heteroatoms. The largest absolute Gasteiger partial charge is 0.380 e. The zero-order valence-corrected chi connectivity index (χ0v) is 12.7. The number of fused-ring (bicyclic) bond motifs is 1. The summed E-state index contributed by atoms with van der Waals surface area (Å²) in [6.45, 7) is 2.02. The number of hydrogen-bond acceptors (Lipinski definition) is 4. The van der Waals surface area contributed by atoms with Gasteiger partial charge in [-0.3, -0.25) is 9.78 Å². The third-order valence-electron chi connectivity index (χ3n) is 3.66. The van der Waals surface area contributed by atoms with Gasteiger partial charge in [0.15, 0.2) is 0 Å². The van der Waals surface area contributed by atoms with E-state index in [2.05, 4.69) is 20.9 Å². The van der Waals surface area contributed by atoms with Gasteiger partial charge in [-0.25, -0.2) is 0 Å². The van der Waals surface area contributed by atoms with Crippen LogP contribution in [0.1, 0.15) is 16.8 Å². The number of carbonyl (C=O) groups is 1. The average Bonchev–Trinajstić information content (AvgIpc) is 3.00. The lowest BCUT2D eigenvalue weighted by Crippen LogP contribution is -2.23. The van der Waals surface area contributed by atoms with Gasteiger partial charge in [-0.05, 0) is 37.2 Å². The van der Waals surface area contributed by atoms with Gasteiger partial charge in [-0.1, -0.05) is 0 Å². The second kappa shape index (κ2) is 6.74. The molecule has 1 aromatic carbocycles. The van der Waals surface area contributed by atoms with E-state index in [0.29, 0.717) is 11.6 Å². The summed E-state index contributed by atoms with van der Waals surface area (Å²) in [6, 6.07) is 8.13. The molecule has 1 saturated heterocycles. The molecule has 1 aliphatic heterocycles. The maximum Gasteiger partial charge on any atom is 0.253 e. The second-order valence-electron chi connectivity index (χ2n) is 4.97. The molecule has 1 aliphatic rings. The van der Waals surface area contributed by atoms with Crippen LogP contribution >= 0.6 is 12.4 Å². The van der Waals surface area contributed by atoms with Crippen molar-refractivity contribution in [1.82, 2.24) is 15.6 Å². The Hall–Kier alpha value is -1.85. The summed E-state index contributed by atoms with van der Waals surface area (Å²) >= 11 is 0. The average molecular weight is 307 g/mol. The molecular formula is C15H19ClN4O. The molecule has 1 unspecified atom stereocenters. The molecule has 3 N–H and O–H groups in total. The standard InChI is InChI=1S/C15H18N4O.ClH/c1-16-15(20)12-4-5-13(19-10-6-8-17-9-10)11-3-2-7-18-14(11)12;/h2-5,7,10,17,19H,6,8-9H2,1H3,(H,16,20);1H. The molecule has 0 aliphatic carbocycles.